The topological polar surface area (TPSA) is 92.8 Å². The molecular weight excluding hydrogens is 452 g/mol. The van der Waals surface area contributed by atoms with E-state index in [1.54, 1.807) is 54.6 Å². The van der Waals surface area contributed by atoms with Gasteiger partial charge in [0.2, 0.25) is 15.9 Å². The molecule has 0 aliphatic carbocycles. The molecule has 9 heteroatoms. The van der Waals surface area contributed by atoms with E-state index in [1.165, 1.54) is 25.3 Å². The van der Waals surface area contributed by atoms with Crippen LogP contribution in [0.3, 0.4) is 0 Å². The number of hydrogen-bond donors (Lipinski definition) is 1. The average molecular weight is 473 g/mol. The normalized spacial score (nSPS) is 11.0. The summed E-state index contributed by atoms with van der Waals surface area (Å²) in [5.41, 5.74) is 1.17. The fourth-order valence-corrected chi connectivity index (χ4v) is 4.06. The Labute approximate surface area is 191 Å². The van der Waals surface area contributed by atoms with Crippen LogP contribution in [0.15, 0.2) is 72.8 Å². The first-order valence-corrected chi connectivity index (χ1v) is 11.7. The van der Waals surface area contributed by atoms with Crippen molar-refractivity contribution < 1.29 is 22.7 Å². The number of anilines is 2. The van der Waals surface area contributed by atoms with Gasteiger partial charge in [-0.05, 0) is 42.5 Å². The van der Waals surface area contributed by atoms with Crippen molar-refractivity contribution in [1.29, 1.82) is 0 Å². The van der Waals surface area contributed by atoms with Crippen molar-refractivity contribution in [2.45, 2.75) is 0 Å². The van der Waals surface area contributed by atoms with E-state index in [4.69, 9.17) is 16.3 Å². The van der Waals surface area contributed by atoms with E-state index in [0.717, 1.165) is 10.6 Å². The van der Waals surface area contributed by atoms with Gasteiger partial charge in [0.05, 0.1) is 24.7 Å². The van der Waals surface area contributed by atoms with Crippen LogP contribution in [0.4, 0.5) is 11.4 Å². The molecule has 0 atom stereocenters. The van der Waals surface area contributed by atoms with Gasteiger partial charge in [-0.3, -0.25) is 13.9 Å². The third-order valence-electron chi connectivity index (χ3n) is 4.58. The Balaban J connectivity index is 1.86. The Bertz CT molecular complexity index is 1230. The maximum absolute atomic E-state index is 12.9. The van der Waals surface area contributed by atoms with Gasteiger partial charge >= 0.3 is 0 Å². The van der Waals surface area contributed by atoms with E-state index < -0.39 is 22.5 Å². The van der Waals surface area contributed by atoms with Crippen LogP contribution in [0, 0.1) is 0 Å². The molecule has 0 aromatic heterocycles. The highest BCUT2D eigenvalue weighted by molar-refractivity contribution is 7.92. The number of amides is 1. The van der Waals surface area contributed by atoms with Gasteiger partial charge in [-0.1, -0.05) is 41.9 Å². The molecule has 0 saturated carbocycles. The lowest BCUT2D eigenvalue weighted by Crippen LogP contribution is -2.37. The maximum Gasteiger partial charge on any atom is 0.245 e. The number of methoxy groups -OCH3 is 1. The van der Waals surface area contributed by atoms with Crippen LogP contribution in [0.5, 0.6) is 5.75 Å². The summed E-state index contributed by atoms with van der Waals surface area (Å²) in [6, 6.07) is 19.4. The van der Waals surface area contributed by atoms with E-state index in [9.17, 15) is 18.0 Å². The minimum Gasteiger partial charge on any atom is -0.497 e. The van der Waals surface area contributed by atoms with Gasteiger partial charge in [0.1, 0.15) is 12.3 Å². The monoisotopic (exact) mass is 472 g/mol. The number of ether oxygens (including phenoxy) is 1. The average Bonchev–Trinajstić information content (AvgIpc) is 2.78. The first kappa shape index (κ1) is 23.3. The van der Waals surface area contributed by atoms with Crippen molar-refractivity contribution in [2.24, 2.45) is 0 Å². The zero-order valence-electron chi connectivity index (χ0n) is 17.4. The van der Waals surface area contributed by atoms with Crippen LogP contribution in [-0.4, -0.2) is 40.0 Å². The number of nitrogens with zero attached hydrogens (tertiary/aromatic N) is 1. The number of carbonyl (C=O) groups is 2. The van der Waals surface area contributed by atoms with Crippen molar-refractivity contribution in [1.82, 2.24) is 0 Å². The zero-order chi connectivity index (χ0) is 23.3. The van der Waals surface area contributed by atoms with Crippen molar-refractivity contribution in [3.05, 3.63) is 88.9 Å². The van der Waals surface area contributed by atoms with Gasteiger partial charge in [-0.2, -0.15) is 0 Å². The van der Waals surface area contributed by atoms with Crippen LogP contribution in [0.25, 0.3) is 0 Å². The van der Waals surface area contributed by atoms with Crippen LogP contribution >= 0.6 is 11.6 Å². The summed E-state index contributed by atoms with van der Waals surface area (Å²) < 4.78 is 30.7. The first-order valence-electron chi connectivity index (χ1n) is 9.50. The van der Waals surface area contributed by atoms with Gasteiger partial charge in [-0.15, -0.1) is 0 Å². The van der Waals surface area contributed by atoms with Gasteiger partial charge < -0.3 is 10.1 Å². The predicted octanol–water partition coefficient (Wildman–Crippen LogP) is 3.98. The molecule has 3 rings (SSSR count). The molecule has 0 bridgehead atoms. The second-order valence-electron chi connectivity index (χ2n) is 6.90. The van der Waals surface area contributed by atoms with E-state index in [2.05, 4.69) is 5.32 Å². The number of nitrogens with one attached hydrogen (secondary N) is 1. The van der Waals surface area contributed by atoms with Crippen LogP contribution in [-0.2, 0) is 14.8 Å². The Hall–Kier alpha value is -3.36. The summed E-state index contributed by atoms with van der Waals surface area (Å²) in [7, 11) is -2.26. The van der Waals surface area contributed by atoms with Crippen molar-refractivity contribution >= 4 is 44.7 Å². The Morgan fingerprint density at radius 1 is 1.00 bits per heavy atom. The molecule has 3 aromatic carbocycles. The summed E-state index contributed by atoms with van der Waals surface area (Å²) in [6.45, 7) is -0.479. The minimum absolute atomic E-state index is 0.201. The molecule has 1 amide bonds. The molecular formula is C23H21ClN2O5S. The Kier molecular flexibility index (Phi) is 7.17. The van der Waals surface area contributed by atoms with Gasteiger partial charge in [0.25, 0.3) is 0 Å². The fourth-order valence-electron chi connectivity index (χ4n) is 3.03. The van der Waals surface area contributed by atoms with Gasteiger partial charge in [-0.25, -0.2) is 8.42 Å². The maximum atomic E-state index is 12.9. The molecule has 0 fully saturated rings. The number of benzene rings is 3. The fraction of sp³-hybridized carbons (Fsp3) is 0.130. The molecule has 7 nitrogen and oxygen atoms in total. The number of halogens is 1. The molecule has 0 heterocycles. The highest BCUT2D eigenvalue weighted by atomic mass is 35.5. The molecule has 166 valence electrons. The number of sulfonamides is 1. The molecule has 0 aliphatic heterocycles. The summed E-state index contributed by atoms with van der Waals surface area (Å²) in [5, 5.41) is 2.97. The lowest BCUT2D eigenvalue weighted by molar-refractivity contribution is -0.114. The van der Waals surface area contributed by atoms with E-state index in [1.807, 2.05) is 0 Å². The van der Waals surface area contributed by atoms with Crippen LogP contribution in [0.2, 0.25) is 5.02 Å². The third-order valence-corrected chi connectivity index (χ3v) is 5.96. The first-order chi connectivity index (χ1) is 15.2. The molecule has 1 N–H and O–H groups in total. The smallest absolute Gasteiger partial charge is 0.245 e. The SMILES string of the molecule is COc1ccc(N(CC(=O)Nc2ccc(Cl)cc2C(=O)c2ccccc2)S(C)(=O)=O)cc1. The van der Waals surface area contributed by atoms with Crippen molar-refractivity contribution in [3.8, 4) is 5.75 Å². The zero-order valence-corrected chi connectivity index (χ0v) is 19.0. The van der Waals surface area contributed by atoms with Gasteiger partial charge in [0.15, 0.2) is 5.78 Å². The number of ketones is 1. The number of rotatable bonds is 8. The van der Waals surface area contributed by atoms with Crippen molar-refractivity contribution in [2.75, 3.05) is 29.5 Å². The van der Waals surface area contributed by atoms with E-state index in [-0.39, 0.29) is 17.0 Å². The third kappa shape index (κ3) is 5.66. The van der Waals surface area contributed by atoms with Crippen molar-refractivity contribution in [3.63, 3.8) is 0 Å². The second-order valence-corrected chi connectivity index (χ2v) is 9.24. The molecule has 0 unspecified atom stereocenters. The number of hydrogen-bond acceptors (Lipinski definition) is 5. The number of carbonyl (C=O) groups excluding carboxylic acids is 2. The second kappa shape index (κ2) is 9.84. The molecule has 0 saturated heterocycles. The Morgan fingerprint density at radius 3 is 2.25 bits per heavy atom. The largest absolute Gasteiger partial charge is 0.497 e. The quantitative estimate of drug-likeness (QED) is 0.500. The van der Waals surface area contributed by atoms with E-state index >= 15 is 0 Å². The standard InChI is InChI=1S/C23H21ClN2O5S/c1-31-19-11-9-18(10-12-19)26(32(2,29)30)15-22(27)25-21-13-8-17(24)14-20(21)23(28)16-6-4-3-5-7-16/h3-14H,15H2,1-2H3,(H,25,27). The highest BCUT2D eigenvalue weighted by Crippen LogP contribution is 2.25. The summed E-state index contributed by atoms with van der Waals surface area (Å²) >= 11 is 6.07. The molecule has 0 spiro atoms. The van der Waals surface area contributed by atoms with Crippen LogP contribution in [0.1, 0.15) is 15.9 Å². The summed E-state index contributed by atoms with van der Waals surface area (Å²) in [6.07, 6.45) is 1.01. The minimum atomic E-state index is -3.76. The van der Waals surface area contributed by atoms with E-state index in [0.29, 0.717) is 22.0 Å². The van der Waals surface area contributed by atoms with Crippen LogP contribution < -0.4 is 14.4 Å². The predicted molar refractivity (Wildman–Crippen MR) is 125 cm³/mol. The molecule has 32 heavy (non-hydrogen) atoms. The highest BCUT2D eigenvalue weighted by Gasteiger charge is 2.22. The lowest BCUT2D eigenvalue weighted by Gasteiger charge is -2.22. The van der Waals surface area contributed by atoms with Gasteiger partial charge in [0, 0.05) is 16.1 Å². The molecule has 0 aliphatic rings. The molecule has 0 radical (unpaired) electrons. The lowest BCUT2D eigenvalue weighted by atomic mass is 10.0. The Morgan fingerprint density at radius 2 is 1.66 bits per heavy atom. The summed E-state index contributed by atoms with van der Waals surface area (Å²) in [4.78, 5) is 25.7. The molecule has 3 aromatic rings. The summed E-state index contributed by atoms with van der Waals surface area (Å²) in [5.74, 6) is -0.383.